The number of benzene rings is 1. The molecule has 0 spiro atoms. The van der Waals surface area contributed by atoms with Crippen LogP contribution in [-0.2, 0) is 4.79 Å². The van der Waals surface area contributed by atoms with Crippen LogP contribution in [0.2, 0.25) is 5.02 Å². The van der Waals surface area contributed by atoms with Crippen molar-refractivity contribution in [2.75, 3.05) is 17.2 Å². The van der Waals surface area contributed by atoms with Crippen molar-refractivity contribution in [3.63, 3.8) is 0 Å². The Morgan fingerprint density at radius 1 is 1.50 bits per heavy atom. The van der Waals surface area contributed by atoms with E-state index in [1.807, 2.05) is 0 Å². The fraction of sp³-hybridized carbons (Fsp3) is 0.300. The highest BCUT2D eigenvalue weighted by Crippen LogP contribution is 2.31. The van der Waals surface area contributed by atoms with Crippen LogP contribution >= 0.6 is 11.6 Å². The topological polar surface area (TPSA) is 72.3 Å². The number of amides is 1. The van der Waals surface area contributed by atoms with Gasteiger partial charge in [0.1, 0.15) is 5.82 Å². The maximum atomic E-state index is 13.3. The minimum Gasteiger partial charge on any atom is -0.397 e. The second-order valence-electron chi connectivity index (χ2n) is 3.79. The van der Waals surface area contributed by atoms with Crippen molar-refractivity contribution in [3.8, 4) is 0 Å². The highest BCUT2D eigenvalue weighted by Gasteiger charge is 2.29. The number of hydrogen-bond donors (Lipinski definition) is 2. The Hall–Kier alpha value is -1.33. The number of hydrogen-bond acceptors (Lipinski definition) is 3. The summed E-state index contributed by atoms with van der Waals surface area (Å²) in [6.45, 7) is 0.351. The van der Waals surface area contributed by atoms with Crippen LogP contribution in [-0.4, -0.2) is 18.5 Å². The Labute approximate surface area is 97.0 Å². The summed E-state index contributed by atoms with van der Waals surface area (Å²) in [5, 5.41) is -0.0582. The van der Waals surface area contributed by atoms with Crippen molar-refractivity contribution in [1.29, 1.82) is 0 Å². The fourth-order valence-corrected chi connectivity index (χ4v) is 1.93. The van der Waals surface area contributed by atoms with Crippen molar-refractivity contribution < 1.29 is 9.18 Å². The first-order chi connectivity index (χ1) is 7.49. The first-order valence-corrected chi connectivity index (χ1v) is 5.17. The van der Waals surface area contributed by atoms with E-state index in [4.69, 9.17) is 23.1 Å². The van der Waals surface area contributed by atoms with Crippen LogP contribution in [0.3, 0.4) is 0 Å². The number of carbonyl (C=O) groups is 1. The first-order valence-electron chi connectivity index (χ1n) is 4.79. The van der Waals surface area contributed by atoms with Crippen LogP contribution in [0.25, 0.3) is 0 Å². The Kier molecular flexibility index (Phi) is 2.73. The number of halogens is 2. The Morgan fingerprint density at radius 3 is 2.75 bits per heavy atom. The maximum Gasteiger partial charge on any atom is 0.228 e. The van der Waals surface area contributed by atoms with Crippen LogP contribution < -0.4 is 16.4 Å². The molecule has 1 aromatic carbocycles. The molecule has 2 rings (SSSR count). The van der Waals surface area contributed by atoms with E-state index in [1.165, 1.54) is 11.0 Å². The Morgan fingerprint density at radius 2 is 2.19 bits per heavy atom. The van der Waals surface area contributed by atoms with Gasteiger partial charge in [0.25, 0.3) is 0 Å². The van der Waals surface area contributed by atoms with E-state index in [1.54, 1.807) is 0 Å². The number of nitrogen functional groups attached to an aromatic ring is 1. The average molecular weight is 244 g/mol. The minimum absolute atomic E-state index is 0.0582. The number of nitrogens with two attached hydrogens (primary N) is 2. The number of rotatable bonds is 1. The molecule has 1 atom stereocenters. The molecule has 1 aromatic rings. The van der Waals surface area contributed by atoms with Gasteiger partial charge in [0.15, 0.2) is 0 Å². The third-order valence-corrected chi connectivity index (χ3v) is 2.80. The van der Waals surface area contributed by atoms with E-state index in [0.29, 0.717) is 12.2 Å². The van der Waals surface area contributed by atoms with Gasteiger partial charge in [-0.25, -0.2) is 4.39 Å². The lowest BCUT2D eigenvalue weighted by Crippen LogP contribution is -2.28. The van der Waals surface area contributed by atoms with Gasteiger partial charge < -0.3 is 16.4 Å². The van der Waals surface area contributed by atoms with Gasteiger partial charge in [-0.2, -0.15) is 0 Å². The molecule has 0 radical (unpaired) electrons. The quantitative estimate of drug-likeness (QED) is 0.726. The standard InChI is InChI=1S/C10H11ClFN3O/c11-6-2-8(14)9(3-7(6)12)15-4-5(13)1-10(15)16/h2-3,5H,1,4,13-14H2. The molecule has 1 unspecified atom stereocenters. The van der Waals surface area contributed by atoms with Gasteiger partial charge in [0.2, 0.25) is 5.91 Å². The third-order valence-electron chi connectivity index (χ3n) is 2.52. The molecule has 1 saturated heterocycles. The van der Waals surface area contributed by atoms with Crippen LogP contribution in [0, 0.1) is 5.82 Å². The van der Waals surface area contributed by atoms with E-state index in [9.17, 15) is 9.18 Å². The molecule has 6 heteroatoms. The zero-order valence-corrected chi connectivity index (χ0v) is 9.17. The van der Waals surface area contributed by atoms with E-state index >= 15 is 0 Å². The van der Waals surface area contributed by atoms with Gasteiger partial charge in [0.05, 0.1) is 16.4 Å². The van der Waals surface area contributed by atoms with Gasteiger partial charge >= 0.3 is 0 Å². The van der Waals surface area contributed by atoms with Crippen LogP contribution in [0.15, 0.2) is 12.1 Å². The van der Waals surface area contributed by atoms with Gasteiger partial charge in [-0.15, -0.1) is 0 Å². The average Bonchev–Trinajstić information content (AvgIpc) is 2.51. The summed E-state index contributed by atoms with van der Waals surface area (Å²) in [5.74, 6) is -0.750. The summed E-state index contributed by atoms with van der Waals surface area (Å²) >= 11 is 5.57. The molecule has 16 heavy (non-hydrogen) atoms. The number of carbonyl (C=O) groups excluding carboxylic acids is 1. The fourth-order valence-electron chi connectivity index (χ4n) is 1.75. The summed E-state index contributed by atoms with van der Waals surface area (Å²) in [6, 6.07) is 2.22. The molecule has 0 saturated carbocycles. The van der Waals surface area contributed by atoms with Crippen molar-refractivity contribution in [2.45, 2.75) is 12.5 Å². The van der Waals surface area contributed by atoms with Gasteiger partial charge in [0, 0.05) is 25.1 Å². The predicted molar refractivity (Wildman–Crippen MR) is 60.8 cm³/mol. The van der Waals surface area contributed by atoms with Crippen molar-refractivity contribution in [3.05, 3.63) is 23.0 Å². The maximum absolute atomic E-state index is 13.3. The molecule has 0 bridgehead atoms. The molecule has 1 fully saturated rings. The molecule has 1 aliphatic rings. The van der Waals surface area contributed by atoms with Gasteiger partial charge in [-0.05, 0) is 6.07 Å². The second-order valence-corrected chi connectivity index (χ2v) is 4.20. The molecule has 4 N–H and O–H groups in total. The van der Waals surface area contributed by atoms with Crippen LogP contribution in [0.1, 0.15) is 6.42 Å². The van der Waals surface area contributed by atoms with Crippen LogP contribution in [0.5, 0.6) is 0 Å². The molecule has 1 heterocycles. The zero-order valence-electron chi connectivity index (χ0n) is 8.41. The zero-order chi connectivity index (χ0) is 11.9. The third kappa shape index (κ3) is 1.83. The molecule has 4 nitrogen and oxygen atoms in total. The molecule has 0 aromatic heterocycles. The lowest BCUT2D eigenvalue weighted by Gasteiger charge is -2.18. The second kappa shape index (κ2) is 3.92. The summed E-state index contributed by atoms with van der Waals surface area (Å²) in [4.78, 5) is 13.0. The summed E-state index contributed by atoms with van der Waals surface area (Å²) < 4.78 is 13.3. The first kappa shape index (κ1) is 11.2. The number of anilines is 2. The van der Waals surface area contributed by atoms with E-state index < -0.39 is 5.82 Å². The van der Waals surface area contributed by atoms with Gasteiger partial charge in [-0.3, -0.25) is 4.79 Å². The van der Waals surface area contributed by atoms with E-state index in [-0.39, 0.29) is 29.1 Å². The van der Waals surface area contributed by atoms with Crippen molar-refractivity contribution in [2.24, 2.45) is 5.73 Å². The molecule has 86 valence electrons. The van der Waals surface area contributed by atoms with Gasteiger partial charge in [-0.1, -0.05) is 11.6 Å². The van der Waals surface area contributed by atoms with Crippen molar-refractivity contribution >= 4 is 28.9 Å². The van der Waals surface area contributed by atoms with Crippen LogP contribution in [0.4, 0.5) is 15.8 Å². The lowest BCUT2D eigenvalue weighted by molar-refractivity contribution is -0.117. The Bertz CT molecular complexity index is 452. The predicted octanol–water partition coefficient (Wildman–Crippen LogP) is 1.13. The minimum atomic E-state index is -0.598. The molecule has 1 amide bonds. The smallest absolute Gasteiger partial charge is 0.228 e. The largest absolute Gasteiger partial charge is 0.397 e. The Balaban J connectivity index is 2.41. The highest BCUT2D eigenvalue weighted by molar-refractivity contribution is 6.31. The molecular formula is C10H11ClFN3O. The monoisotopic (exact) mass is 243 g/mol. The number of nitrogens with zero attached hydrogens (tertiary/aromatic N) is 1. The molecule has 1 aliphatic heterocycles. The highest BCUT2D eigenvalue weighted by atomic mass is 35.5. The summed E-state index contributed by atoms with van der Waals surface area (Å²) in [6.07, 6.45) is 0.254. The SMILES string of the molecule is Nc1cc(Cl)c(F)cc1N1CC(N)CC1=O. The molecular weight excluding hydrogens is 233 g/mol. The summed E-state index contributed by atoms with van der Waals surface area (Å²) in [5.41, 5.74) is 11.9. The molecule has 0 aliphatic carbocycles. The normalized spacial score (nSPS) is 20.6. The summed E-state index contributed by atoms with van der Waals surface area (Å²) in [7, 11) is 0. The van der Waals surface area contributed by atoms with E-state index in [0.717, 1.165) is 6.07 Å². The van der Waals surface area contributed by atoms with E-state index in [2.05, 4.69) is 0 Å². The lowest BCUT2D eigenvalue weighted by atomic mass is 10.2. The van der Waals surface area contributed by atoms with Crippen molar-refractivity contribution in [1.82, 2.24) is 0 Å².